The van der Waals surface area contributed by atoms with Gasteiger partial charge in [0.1, 0.15) is 24.6 Å². The Morgan fingerprint density at radius 2 is 1.96 bits per heavy atom. The molecule has 4 rings (SSSR count). The number of aliphatic hydroxyl groups excluding tert-OH is 2. The molecule has 27 heavy (non-hydrogen) atoms. The first kappa shape index (κ1) is 18.3. The summed E-state index contributed by atoms with van der Waals surface area (Å²) < 4.78 is 16.6. The Labute approximate surface area is 156 Å². The minimum atomic E-state index is -0.919. The summed E-state index contributed by atoms with van der Waals surface area (Å²) >= 11 is 0. The second-order valence-electron chi connectivity index (χ2n) is 7.60. The van der Waals surface area contributed by atoms with Gasteiger partial charge in [0.25, 0.3) is 0 Å². The van der Waals surface area contributed by atoms with Crippen LogP contribution < -0.4 is 10.2 Å². The number of carbonyl (C=O) groups excluding carboxylic acids is 1. The van der Waals surface area contributed by atoms with E-state index in [9.17, 15) is 19.4 Å². The van der Waals surface area contributed by atoms with Crippen molar-refractivity contribution in [1.29, 1.82) is 0 Å². The van der Waals surface area contributed by atoms with E-state index in [1.807, 2.05) is 11.9 Å². The molecule has 3 heterocycles. The van der Waals surface area contributed by atoms with Gasteiger partial charge in [-0.05, 0) is 37.8 Å². The second kappa shape index (κ2) is 7.18. The summed E-state index contributed by atoms with van der Waals surface area (Å²) in [5.41, 5.74) is 1.97. The number of rotatable bonds is 3. The van der Waals surface area contributed by atoms with Gasteiger partial charge >= 0.3 is 0 Å². The van der Waals surface area contributed by atoms with Crippen molar-refractivity contribution in [3.05, 3.63) is 23.6 Å². The number of aldehydes is 1. The quantitative estimate of drug-likeness (QED) is 0.698. The van der Waals surface area contributed by atoms with Crippen LogP contribution in [-0.4, -0.2) is 51.8 Å². The van der Waals surface area contributed by atoms with Crippen molar-refractivity contribution >= 4 is 22.9 Å². The number of fused-ring (bicyclic) bond motifs is 1. The number of hydrogen-bond donors (Lipinski definition) is 3. The number of benzene rings is 1. The van der Waals surface area contributed by atoms with Gasteiger partial charge in [-0.25, -0.2) is 4.39 Å². The number of aryl methyl sites for hydroxylation is 1. The van der Waals surface area contributed by atoms with Crippen molar-refractivity contribution in [2.45, 2.75) is 44.1 Å². The molecule has 0 aliphatic carbocycles. The molecular formula is C19H25FN4O3. The van der Waals surface area contributed by atoms with E-state index >= 15 is 0 Å². The molecule has 2 saturated heterocycles. The van der Waals surface area contributed by atoms with Gasteiger partial charge in [-0.1, -0.05) is 0 Å². The lowest BCUT2D eigenvalue weighted by Crippen LogP contribution is -2.46. The third-order valence-electron chi connectivity index (χ3n) is 5.87. The van der Waals surface area contributed by atoms with E-state index < -0.39 is 12.5 Å². The first-order valence-corrected chi connectivity index (χ1v) is 9.46. The van der Waals surface area contributed by atoms with Gasteiger partial charge < -0.3 is 19.9 Å². The topological polar surface area (TPSA) is 90.6 Å². The number of aromatic nitrogens is 2. The maximum atomic E-state index is 14.9. The summed E-state index contributed by atoms with van der Waals surface area (Å²) in [6.45, 7) is 1.30. The van der Waals surface area contributed by atoms with Crippen molar-refractivity contribution in [2.24, 2.45) is 13.0 Å². The summed E-state index contributed by atoms with van der Waals surface area (Å²) in [5, 5.41) is 27.9. The van der Waals surface area contributed by atoms with E-state index in [4.69, 9.17) is 0 Å². The average molecular weight is 376 g/mol. The Morgan fingerprint density at radius 3 is 2.63 bits per heavy atom. The molecule has 2 aliphatic heterocycles. The Kier molecular flexibility index (Phi) is 4.88. The Morgan fingerprint density at radius 1 is 1.22 bits per heavy atom. The number of nitrogens with zero attached hydrogens (tertiary/aromatic N) is 3. The van der Waals surface area contributed by atoms with Crippen molar-refractivity contribution in [1.82, 2.24) is 15.1 Å². The number of anilines is 1. The Bertz CT molecular complexity index is 847. The van der Waals surface area contributed by atoms with Gasteiger partial charge in [-0.15, -0.1) is 0 Å². The molecule has 7 nitrogen and oxygen atoms in total. The Hall–Kier alpha value is -2.03. The highest BCUT2D eigenvalue weighted by Gasteiger charge is 2.32. The highest BCUT2D eigenvalue weighted by atomic mass is 19.1. The first-order valence-electron chi connectivity index (χ1n) is 9.46. The normalized spacial score (nSPS) is 27.3. The minimum Gasteiger partial charge on any atom is -0.379 e. The molecule has 3 atom stereocenters. The minimum absolute atomic E-state index is 0.0620. The molecule has 146 valence electrons. The largest absolute Gasteiger partial charge is 0.379 e. The molecule has 3 N–H and O–H groups in total. The number of nitrogens with one attached hydrogen (secondary N) is 1. The van der Waals surface area contributed by atoms with Crippen LogP contribution in [-0.2, 0) is 11.8 Å². The molecule has 0 bridgehead atoms. The number of aliphatic hydroxyl groups is 2. The maximum Gasteiger partial charge on any atom is 0.147 e. The number of carbonyl (C=O) groups is 1. The fraction of sp³-hybridized carbons (Fsp3) is 0.579. The van der Waals surface area contributed by atoms with Crippen LogP contribution in [0.4, 0.5) is 10.1 Å². The smallest absolute Gasteiger partial charge is 0.147 e. The molecule has 1 aromatic heterocycles. The maximum absolute atomic E-state index is 14.9. The fourth-order valence-electron chi connectivity index (χ4n) is 4.26. The van der Waals surface area contributed by atoms with E-state index in [-0.39, 0.29) is 17.7 Å². The van der Waals surface area contributed by atoms with Crippen LogP contribution in [0.1, 0.15) is 37.3 Å². The van der Waals surface area contributed by atoms with Gasteiger partial charge in [0, 0.05) is 37.4 Å². The lowest BCUT2D eigenvalue weighted by atomic mass is 9.91. The molecule has 1 aromatic carbocycles. The molecule has 2 aromatic rings. The summed E-state index contributed by atoms with van der Waals surface area (Å²) in [5.74, 6) is -0.558. The van der Waals surface area contributed by atoms with Crippen LogP contribution >= 0.6 is 0 Å². The lowest BCUT2D eigenvalue weighted by molar-refractivity contribution is -0.111. The van der Waals surface area contributed by atoms with Gasteiger partial charge in [0.15, 0.2) is 0 Å². The van der Waals surface area contributed by atoms with E-state index in [0.717, 1.165) is 24.6 Å². The predicted molar refractivity (Wildman–Crippen MR) is 98.8 cm³/mol. The van der Waals surface area contributed by atoms with Crippen LogP contribution in [0.5, 0.6) is 0 Å². The zero-order valence-corrected chi connectivity index (χ0v) is 15.3. The number of piperidine rings is 2. The molecular weight excluding hydrogens is 351 g/mol. The third kappa shape index (κ3) is 3.33. The monoisotopic (exact) mass is 376 g/mol. The molecule has 3 unspecified atom stereocenters. The summed E-state index contributed by atoms with van der Waals surface area (Å²) in [6, 6.07) is 3.30. The summed E-state index contributed by atoms with van der Waals surface area (Å²) in [4.78, 5) is 12.9. The third-order valence-corrected chi connectivity index (χ3v) is 5.87. The van der Waals surface area contributed by atoms with Crippen LogP contribution in [0.25, 0.3) is 10.9 Å². The number of halogens is 1. The van der Waals surface area contributed by atoms with Crippen molar-refractivity contribution in [2.75, 3.05) is 18.0 Å². The van der Waals surface area contributed by atoms with E-state index in [2.05, 4.69) is 10.4 Å². The fourth-order valence-corrected chi connectivity index (χ4v) is 4.26. The van der Waals surface area contributed by atoms with Gasteiger partial charge in [0.2, 0.25) is 0 Å². The summed E-state index contributed by atoms with van der Waals surface area (Å²) in [7, 11) is 1.81. The molecule has 0 radical (unpaired) electrons. The van der Waals surface area contributed by atoms with Crippen molar-refractivity contribution in [3.8, 4) is 0 Å². The van der Waals surface area contributed by atoms with E-state index in [0.29, 0.717) is 42.7 Å². The Balaban J connectivity index is 1.68. The lowest BCUT2D eigenvalue weighted by Gasteiger charge is -2.32. The van der Waals surface area contributed by atoms with Crippen LogP contribution in [0.2, 0.25) is 0 Å². The standard InChI is InChI=1S/C19H25FN4O3/c1-23-15-9-16(24-6-4-11(10-25)5-7-24)14(20)8-13(15)18(22-23)12-2-3-17(26)21-19(12)27/h8-12,17,19,21,26-27H,2-7H2,1H3. The summed E-state index contributed by atoms with van der Waals surface area (Å²) in [6.07, 6.45) is 1.89. The molecule has 0 saturated carbocycles. The predicted octanol–water partition coefficient (Wildman–Crippen LogP) is 1.23. The van der Waals surface area contributed by atoms with Crippen LogP contribution in [0.3, 0.4) is 0 Å². The van der Waals surface area contributed by atoms with Crippen LogP contribution in [0.15, 0.2) is 12.1 Å². The zero-order valence-electron chi connectivity index (χ0n) is 15.3. The molecule has 2 fully saturated rings. The molecule has 2 aliphatic rings. The van der Waals surface area contributed by atoms with E-state index in [1.54, 1.807) is 10.7 Å². The van der Waals surface area contributed by atoms with Gasteiger partial charge in [0.05, 0.1) is 16.9 Å². The average Bonchev–Trinajstić information content (AvgIpc) is 2.97. The second-order valence-corrected chi connectivity index (χ2v) is 7.60. The molecule has 0 spiro atoms. The van der Waals surface area contributed by atoms with Crippen LogP contribution in [0, 0.1) is 11.7 Å². The molecule has 8 heteroatoms. The van der Waals surface area contributed by atoms with Gasteiger partial charge in [-0.3, -0.25) is 10.00 Å². The zero-order chi connectivity index (χ0) is 19.1. The van der Waals surface area contributed by atoms with Crippen molar-refractivity contribution < 1.29 is 19.4 Å². The highest BCUT2D eigenvalue weighted by Crippen LogP contribution is 2.36. The SMILES string of the molecule is Cn1nc(C2CCC(O)NC2O)c2cc(F)c(N3CCC(C=O)CC3)cc21. The molecule has 0 amide bonds. The van der Waals surface area contributed by atoms with Gasteiger partial charge in [-0.2, -0.15) is 5.10 Å². The first-order chi connectivity index (χ1) is 13.0. The van der Waals surface area contributed by atoms with Crippen molar-refractivity contribution in [3.63, 3.8) is 0 Å². The van der Waals surface area contributed by atoms with E-state index in [1.165, 1.54) is 6.07 Å². The highest BCUT2D eigenvalue weighted by molar-refractivity contribution is 5.86. The number of hydrogen-bond acceptors (Lipinski definition) is 6.